The Morgan fingerprint density at radius 2 is 1.30 bits per heavy atom. The number of nitrogens with zero attached hydrogens (tertiary/aromatic N) is 2. The molecule has 0 atom stereocenters. The number of carboxylic acids is 1. The molecule has 27 heavy (non-hydrogen) atoms. The topological polar surface area (TPSA) is 94.7 Å². The van der Waals surface area contributed by atoms with E-state index in [1.165, 1.54) is 0 Å². The molecule has 3 N–H and O–H groups in total. The van der Waals surface area contributed by atoms with E-state index in [-0.39, 0.29) is 5.56 Å². The zero-order valence-electron chi connectivity index (χ0n) is 14.1. The molecule has 6 heteroatoms. The van der Waals surface area contributed by atoms with Gasteiger partial charge < -0.3 is 15.1 Å². The lowest BCUT2D eigenvalue weighted by Crippen LogP contribution is -1.93. The molecule has 2 aliphatic rings. The first-order chi connectivity index (χ1) is 13.1. The van der Waals surface area contributed by atoms with Crippen LogP contribution in [0.5, 0.6) is 0 Å². The minimum absolute atomic E-state index is 0.208. The minimum atomic E-state index is -0.984. The maximum absolute atomic E-state index is 11.6. The molecule has 0 aliphatic carbocycles. The molecule has 0 radical (unpaired) electrons. The summed E-state index contributed by atoms with van der Waals surface area (Å²) in [5.41, 5.74) is 6.34. The Bertz CT molecular complexity index is 1310. The maximum atomic E-state index is 11.6. The van der Waals surface area contributed by atoms with Gasteiger partial charge in [-0.3, -0.25) is 0 Å². The highest BCUT2D eigenvalue weighted by molar-refractivity contribution is 5.98. The van der Waals surface area contributed by atoms with Crippen LogP contribution in [0.25, 0.3) is 46.4 Å². The Morgan fingerprint density at radius 3 is 1.96 bits per heavy atom. The molecular formula is C21H14N4O2. The third-order valence-corrected chi connectivity index (χ3v) is 4.40. The van der Waals surface area contributed by atoms with E-state index in [0.717, 1.165) is 28.1 Å². The molecule has 8 bridgehead atoms. The van der Waals surface area contributed by atoms with Crippen LogP contribution < -0.4 is 0 Å². The first-order valence-corrected chi connectivity index (χ1v) is 8.44. The van der Waals surface area contributed by atoms with Gasteiger partial charge in [0.05, 0.1) is 33.9 Å². The van der Waals surface area contributed by atoms with Crippen molar-refractivity contribution in [2.45, 2.75) is 0 Å². The van der Waals surface area contributed by atoms with Crippen molar-refractivity contribution < 1.29 is 9.90 Å². The number of carboxylic acid groups (broad SMARTS) is 1. The van der Waals surface area contributed by atoms with Crippen molar-refractivity contribution in [2.24, 2.45) is 0 Å². The molecule has 130 valence electrons. The summed E-state index contributed by atoms with van der Waals surface area (Å²) >= 11 is 0. The molecule has 0 fully saturated rings. The van der Waals surface area contributed by atoms with Gasteiger partial charge in [0.15, 0.2) is 0 Å². The van der Waals surface area contributed by atoms with Crippen LogP contribution in [0.2, 0.25) is 0 Å². The van der Waals surface area contributed by atoms with Crippen LogP contribution in [0.4, 0.5) is 0 Å². The average Bonchev–Trinajstić information content (AvgIpc) is 3.38. The summed E-state index contributed by atoms with van der Waals surface area (Å²) in [6, 6.07) is 13.0. The number of aromatic amines is 2. The quantitative estimate of drug-likeness (QED) is 0.417. The summed E-state index contributed by atoms with van der Waals surface area (Å²) in [7, 11) is 0. The van der Waals surface area contributed by atoms with Gasteiger partial charge in [-0.2, -0.15) is 0 Å². The van der Waals surface area contributed by atoms with Crippen molar-refractivity contribution in [3.63, 3.8) is 0 Å². The fourth-order valence-electron chi connectivity index (χ4n) is 3.20. The molecule has 2 aliphatic heterocycles. The molecule has 5 rings (SSSR count). The molecule has 0 amide bonds. The fourth-order valence-corrected chi connectivity index (χ4v) is 3.20. The lowest BCUT2D eigenvalue weighted by atomic mass is 10.2. The number of nitrogens with one attached hydrogen (secondary N) is 2. The molecule has 5 heterocycles. The van der Waals surface area contributed by atoms with E-state index in [9.17, 15) is 9.90 Å². The summed E-state index contributed by atoms with van der Waals surface area (Å²) in [5.74, 6) is -0.984. The van der Waals surface area contributed by atoms with Crippen LogP contribution in [-0.4, -0.2) is 31.0 Å². The number of rotatable bonds is 1. The van der Waals surface area contributed by atoms with Gasteiger partial charge in [0.2, 0.25) is 0 Å². The van der Waals surface area contributed by atoms with E-state index in [1.54, 1.807) is 12.1 Å². The highest BCUT2D eigenvalue weighted by Crippen LogP contribution is 2.19. The summed E-state index contributed by atoms with van der Waals surface area (Å²) < 4.78 is 0. The second kappa shape index (κ2) is 5.81. The Labute approximate surface area is 153 Å². The van der Waals surface area contributed by atoms with Gasteiger partial charge >= 0.3 is 5.97 Å². The van der Waals surface area contributed by atoms with Gasteiger partial charge in [0.25, 0.3) is 0 Å². The Morgan fingerprint density at radius 1 is 0.704 bits per heavy atom. The van der Waals surface area contributed by atoms with E-state index < -0.39 is 5.97 Å². The van der Waals surface area contributed by atoms with Crippen LogP contribution in [0, 0.1) is 0 Å². The van der Waals surface area contributed by atoms with Crippen molar-refractivity contribution in [2.75, 3.05) is 0 Å². The molecule has 0 saturated carbocycles. The van der Waals surface area contributed by atoms with Crippen molar-refractivity contribution in [1.82, 2.24) is 19.9 Å². The molecule has 0 saturated heterocycles. The Kier molecular flexibility index (Phi) is 3.30. The predicted molar refractivity (Wildman–Crippen MR) is 106 cm³/mol. The average molecular weight is 354 g/mol. The van der Waals surface area contributed by atoms with E-state index in [0.29, 0.717) is 16.7 Å². The van der Waals surface area contributed by atoms with E-state index in [4.69, 9.17) is 0 Å². The fraction of sp³-hybridized carbons (Fsp3) is 0. The second-order valence-electron chi connectivity index (χ2n) is 6.39. The van der Waals surface area contributed by atoms with Gasteiger partial charge in [0.1, 0.15) is 0 Å². The Hall–Kier alpha value is -3.93. The molecule has 0 unspecified atom stereocenters. The molecule has 3 aromatic heterocycles. The molecule has 0 aromatic carbocycles. The highest BCUT2D eigenvalue weighted by atomic mass is 16.4. The number of aromatic carboxylic acids is 1. The number of fused-ring (bicyclic) bond motifs is 8. The van der Waals surface area contributed by atoms with Crippen LogP contribution in [0.1, 0.15) is 33.1 Å². The van der Waals surface area contributed by atoms with Crippen molar-refractivity contribution in [3.8, 4) is 0 Å². The van der Waals surface area contributed by atoms with Crippen LogP contribution in [0.3, 0.4) is 0 Å². The number of hydrogen-bond donors (Lipinski definition) is 3. The van der Waals surface area contributed by atoms with Gasteiger partial charge in [0, 0.05) is 16.6 Å². The lowest BCUT2D eigenvalue weighted by Gasteiger charge is -1.88. The van der Waals surface area contributed by atoms with Gasteiger partial charge in [-0.05, 0) is 66.8 Å². The number of carbonyl (C=O) groups is 1. The smallest absolute Gasteiger partial charge is 0.337 e. The zero-order valence-corrected chi connectivity index (χ0v) is 14.1. The van der Waals surface area contributed by atoms with Gasteiger partial charge in [-0.1, -0.05) is 0 Å². The largest absolute Gasteiger partial charge is 0.478 e. The molecule has 0 spiro atoms. The van der Waals surface area contributed by atoms with E-state index in [1.807, 2.05) is 54.6 Å². The van der Waals surface area contributed by atoms with Crippen LogP contribution in [-0.2, 0) is 0 Å². The molecule has 3 aromatic rings. The molecule has 6 nitrogen and oxygen atoms in total. The van der Waals surface area contributed by atoms with Crippen molar-refractivity contribution in [1.29, 1.82) is 0 Å². The zero-order chi connectivity index (χ0) is 18.4. The summed E-state index contributed by atoms with van der Waals surface area (Å²) in [4.78, 5) is 27.2. The van der Waals surface area contributed by atoms with Crippen LogP contribution >= 0.6 is 0 Å². The highest BCUT2D eigenvalue weighted by Gasteiger charge is 2.09. The van der Waals surface area contributed by atoms with Gasteiger partial charge in [-0.25, -0.2) is 14.8 Å². The number of H-pyrrole nitrogens is 2. The Balaban J connectivity index is 1.88. The normalized spacial score (nSPS) is 12.4. The summed E-state index contributed by atoms with van der Waals surface area (Å²) in [6.45, 7) is 0. The van der Waals surface area contributed by atoms with Crippen molar-refractivity contribution in [3.05, 3.63) is 70.8 Å². The standard InChI is InChI=1S/C21H14N4O2/c26-21(27)19-10-18-9-16-4-3-14(23-16)7-12-1-2-13(22-12)8-15-5-6-17(24-15)11-20(19)25-18/h1-11,23,25H,(H,26,27). The predicted octanol–water partition coefficient (Wildman–Crippen LogP) is 4.35. The summed E-state index contributed by atoms with van der Waals surface area (Å²) in [5, 5.41) is 9.52. The maximum Gasteiger partial charge on any atom is 0.337 e. The second-order valence-corrected chi connectivity index (χ2v) is 6.39. The summed E-state index contributed by atoms with van der Waals surface area (Å²) in [6.07, 6.45) is 7.64. The van der Waals surface area contributed by atoms with E-state index in [2.05, 4.69) is 19.9 Å². The number of hydrogen-bond acceptors (Lipinski definition) is 3. The third kappa shape index (κ3) is 2.93. The first kappa shape index (κ1) is 15.3. The third-order valence-electron chi connectivity index (χ3n) is 4.40. The SMILES string of the molecule is O=C(O)c1cc2cc3ccc(cc4nc(cc5nc(cc1[nH]2)C=C5)C=C4)[nH]3. The monoisotopic (exact) mass is 354 g/mol. The first-order valence-electron chi connectivity index (χ1n) is 8.44. The van der Waals surface area contributed by atoms with Crippen molar-refractivity contribution >= 4 is 52.3 Å². The van der Waals surface area contributed by atoms with E-state index >= 15 is 0 Å². The van der Waals surface area contributed by atoms with Gasteiger partial charge in [-0.15, -0.1) is 0 Å². The molecular weight excluding hydrogens is 340 g/mol. The minimum Gasteiger partial charge on any atom is -0.478 e. The van der Waals surface area contributed by atoms with Crippen LogP contribution in [0.15, 0.2) is 42.5 Å². The lowest BCUT2D eigenvalue weighted by molar-refractivity contribution is 0.0699. The number of aromatic nitrogens is 4.